The summed E-state index contributed by atoms with van der Waals surface area (Å²) in [5.41, 5.74) is 0.436. The minimum Gasteiger partial charge on any atom is -0.433 e. The second kappa shape index (κ2) is 6.99. The number of aliphatic hydroxyl groups is 1. The van der Waals surface area contributed by atoms with Gasteiger partial charge in [-0.05, 0) is 18.2 Å². The van der Waals surface area contributed by atoms with Gasteiger partial charge in [0.05, 0.1) is 11.8 Å². The first-order chi connectivity index (χ1) is 10.1. The molecule has 0 spiro atoms. The fourth-order valence-corrected chi connectivity index (χ4v) is 1.87. The molecule has 21 heavy (non-hydrogen) atoms. The van der Waals surface area contributed by atoms with E-state index in [0.29, 0.717) is 5.69 Å². The third kappa shape index (κ3) is 4.13. The van der Waals surface area contributed by atoms with Crippen LogP contribution in [0.3, 0.4) is 0 Å². The molecule has 0 saturated carbocycles. The summed E-state index contributed by atoms with van der Waals surface area (Å²) in [5.74, 6) is -0.558. The molecule has 0 bridgehead atoms. The lowest BCUT2D eigenvalue weighted by atomic mass is 10.1. The first kappa shape index (κ1) is 15.2. The van der Waals surface area contributed by atoms with Gasteiger partial charge in [-0.15, -0.1) is 0 Å². The van der Waals surface area contributed by atoms with E-state index >= 15 is 0 Å². The lowest BCUT2D eigenvalue weighted by Gasteiger charge is -2.16. The van der Waals surface area contributed by atoms with Gasteiger partial charge in [-0.1, -0.05) is 30.3 Å². The number of rotatable bonds is 6. The van der Waals surface area contributed by atoms with Gasteiger partial charge < -0.3 is 15.2 Å². The highest BCUT2D eigenvalue weighted by atomic mass is 19.3. The Balaban J connectivity index is 2.05. The molecule has 2 aromatic rings. The van der Waals surface area contributed by atoms with E-state index in [0.717, 1.165) is 0 Å². The maximum absolute atomic E-state index is 13.5. The third-order valence-electron chi connectivity index (χ3n) is 2.85. The van der Waals surface area contributed by atoms with Crippen molar-refractivity contribution in [3.05, 3.63) is 59.9 Å². The second-order valence-electron chi connectivity index (χ2n) is 4.29. The summed E-state index contributed by atoms with van der Waals surface area (Å²) in [5, 5.41) is 12.7. The SMILES string of the molecule is OC(CNc1ccccc1OC(F)F)c1ccccc1F. The molecule has 2 N–H and O–H groups in total. The standard InChI is InChI=1S/C15H14F3NO2/c16-11-6-2-1-5-10(11)13(20)9-19-12-7-3-4-8-14(12)21-15(17)18/h1-8,13,15,19-20H,9H2. The fraction of sp³-hybridized carbons (Fsp3) is 0.200. The molecule has 3 nitrogen and oxygen atoms in total. The van der Waals surface area contributed by atoms with E-state index in [-0.39, 0.29) is 17.9 Å². The van der Waals surface area contributed by atoms with Crippen LogP contribution in [-0.2, 0) is 0 Å². The summed E-state index contributed by atoms with van der Waals surface area (Å²) in [6.07, 6.45) is -1.11. The minimum atomic E-state index is -2.94. The zero-order chi connectivity index (χ0) is 15.2. The van der Waals surface area contributed by atoms with Crippen molar-refractivity contribution in [1.82, 2.24) is 0 Å². The molecule has 0 fully saturated rings. The average Bonchev–Trinajstić information content (AvgIpc) is 2.46. The van der Waals surface area contributed by atoms with Crippen LogP contribution in [0.2, 0.25) is 0 Å². The summed E-state index contributed by atoms with van der Waals surface area (Å²) in [7, 11) is 0. The highest BCUT2D eigenvalue weighted by molar-refractivity contribution is 5.56. The van der Waals surface area contributed by atoms with Crippen LogP contribution in [0.15, 0.2) is 48.5 Å². The number of hydrogen-bond acceptors (Lipinski definition) is 3. The van der Waals surface area contributed by atoms with Gasteiger partial charge in [0.2, 0.25) is 0 Å². The predicted octanol–water partition coefficient (Wildman–Crippen LogP) is 3.57. The highest BCUT2D eigenvalue weighted by Gasteiger charge is 2.14. The van der Waals surface area contributed by atoms with E-state index in [4.69, 9.17) is 0 Å². The number of anilines is 1. The van der Waals surface area contributed by atoms with Crippen molar-refractivity contribution in [2.45, 2.75) is 12.7 Å². The lowest BCUT2D eigenvalue weighted by Crippen LogP contribution is -2.14. The molecular formula is C15H14F3NO2. The molecule has 2 aromatic carbocycles. The topological polar surface area (TPSA) is 41.5 Å². The maximum atomic E-state index is 13.5. The Morgan fingerprint density at radius 1 is 1.05 bits per heavy atom. The van der Waals surface area contributed by atoms with E-state index in [1.807, 2.05) is 0 Å². The first-order valence-electron chi connectivity index (χ1n) is 6.28. The normalized spacial score (nSPS) is 12.2. The van der Waals surface area contributed by atoms with Gasteiger partial charge in [-0.2, -0.15) is 8.78 Å². The van der Waals surface area contributed by atoms with Crippen molar-refractivity contribution in [2.24, 2.45) is 0 Å². The van der Waals surface area contributed by atoms with E-state index < -0.39 is 18.5 Å². The number of alkyl halides is 2. The summed E-state index contributed by atoms with van der Waals surface area (Å²) >= 11 is 0. The Morgan fingerprint density at radius 3 is 2.43 bits per heavy atom. The Morgan fingerprint density at radius 2 is 1.71 bits per heavy atom. The number of ether oxygens (including phenoxy) is 1. The third-order valence-corrected chi connectivity index (χ3v) is 2.85. The number of aliphatic hydroxyl groups excluding tert-OH is 1. The van der Waals surface area contributed by atoms with Crippen molar-refractivity contribution in [3.8, 4) is 5.75 Å². The molecule has 0 saturated heterocycles. The van der Waals surface area contributed by atoms with Crippen molar-refractivity contribution in [1.29, 1.82) is 0 Å². The lowest BCUT2D eigenvalue weighted by molar-refractivity contribution is -0.0493. The molecule has 6 heteroatoms. The van der Waals surface area contributed by atoms with Crippen LogP contribution in [0, 0.1) is 5.82 Å². The van der Waals surface area contributed by atoms with E-state index in [2.05, 4.69) is 10.1 Å². The summed E-state index contributed by atoms with van der Waals surface area (Å²) < 4.78 is 42.4. The van der Waals surface area contributed by atoms with E-state index in [1.54, 1.807) is 18.2 Å². The summed E-state index contributed by atoms with van der Waals surface area (Å²) in [6.45, 7) is -2.98. The Kier molecular flexibility index (Phi) is 5.05. The van der Waals surface area contributed by atoms with Crippen molar-refractivity contribution < 1.29 is 23.0 Å². The number of nitrogens with one attached hydrogen (secondary N) is 1. The van der Waals surface area contributed by atoms with Crippen LogP contribution >= 0.6 is 0 Å². The van der Waals surface area contributed by atoms with E-state index in [1.165, 1.54) is 30.3 Å². The van der Waals surface area contributed by atoms with Crippen molar-refractivity contribution >= 4 is 5.69 Å². The van der Waals surface area contributed by atoms with Crippen molar-refractivity contribution in [3.63, 3.8) is 0 Å². The predicted molar refractivity (Wildman–Crippen MR) is 72.9 cm³/mol. The van der Waals surface area contributed by atoms with Gasteiger partial charge in [0, 0.05) is 12.1 Å². The highest BCUT2D eigenvalue weighted by Crippen LogP contribution is 2.26. The molecule has 112 valence electrons. The molecule has 1 unspecified atom stereocenters. The van der Waals surface area contributed by atoms with Crippen molar-refractivity contribution in [2.75, 3.05) is 11.9 Å². The van der Waals surface area contributed by atoms with Gasteiger partial charge in [-0.3, -0.25) is 0 Å². The molecule has 0 radical (unpaired) electrons. The minimum absolute atomic E-state index is 0.0340. The Hall–Kier alpha value is -2.21. The zero-order valence-electron chi connectivity index (χ0n) is 11.0. The monoisotopic (exact) mass is 297 g/mol. The quantitative estimate of drug-likeness (QED) is 0.856. The van der Waals surface area contributed by atoms with Gasteiger partial charge in [-0.25, -0.2) is 4.39 Å². The Labute approximate surface area is 120 Å². The summed E-state index contributed by atoms with van der Waals surface area (Å²) in [6, 6.07) is 11.9. The smallest absolute Gasteiger partial charge is 0.387 e. The number of hydrogen-bond donors (Lipinski definition) is 2. The molecule has 0 aliphatic carbocycles. The van der Waals surface area contributed by atoms with Gasteiger partial charge >= 0.3 is 6.61 Å². The van der Waals surface area contributed by atoms with Crippen LogP contribution in [0.4, 0.5) is 18.9 Å². The average molecular weight is 297 g/mol. The maximum Gasteiger partial charge on any atom is 0.387 e. The largest absolute Gasteiger partial charge is 0.433 e. The zero-order valence-corrected chi connectivity index (χ0v) is 11.0. The molecule has 0 aliphatic heterocycles. The molecule has 0 heterocycles. The number of halogens is 3. The molecule has 0 aliphatic rings. The first-order valence-corrected chi connectivity index (χ1v) is 6.28. The van der Waals surface area contributed by atoms with Crippen LogP contribution in [0.25, 0.3) is 0 Å². The van der Waals surface area contributed by atoms with Crippen LogP contribution < -0.4 is 10.1 Å². The molecule has 2 rings (SSSR count). The second-order valence-corrected chi connectivity index (χ2v) is 4.29. The molecule has 0 amide bonds. The van der Waals surface area contributed by atoms with Crippen LogP contribution in [0.1, 0.15) is 11.7 Å². The number of benzene rings is 2. The van der Waals surface area contributed by atoms with Crippen LogP contribution in [0.5, 0.6) is 5.75 Å². The molecular weight excluding hydrogens is 283 g/mol. The van der Waals surface area contributed by atoms with Gasteiger partial charge in [0.15, 0.2) is 0 Å². The molecule has 0 aromatic heterocycles. The number of para-hydroxylation sites is 2. The molecule has 1 atom stereocenters. The van der Waals surface area contributed by atoms with Crippen LogP contribution in [-0.4, -0.2) is 18.3 Å². The van der Waals surface area contributed by atoms with Gasteiger partial charge in [0.25, 0.3) is 0 Å². The summed E-state index contributed by atoms with van der Waals surface area (Å²) in [4.78, 5) is 0. The van der Waals surface area contributed by atoms with Gasteiger partial charge in [0.1, 0.15) is 11.6 Å². The van der Waals surface area contributed by atoms with E-state index in [9.17, 15) is 18.3 Å². The fourth-order valence-electron chi connectivity index (χ4n) is 1.87. The Bertz CT molecular complexity index is 593.